The van der Waals surface area contributed by atoms with Crippen LogP contribution in [0.15, 0.2) is 17.5 Å². The van der Waals surface area contributed by atoms with Crippen molar-refractivity contribution < 1.29 is 48.3 Å². The van der Waals surface area contributed by atoms with E-state index in [9.17, 15) is 48.3 Å². The summed E-state index contributed by atoms with van der Waals surface area (Å²) in [5.74, 6) is -8.23. The van der Waals surface area contributed by atoms with Gasteiger partial charge in [0.15, 0.2) is 5.96 Å². The molecular formula is C47H82N14O10. The number of carboxylic acids is 1. The summed E-state index contributed by atoms with van der Waals surface area (Å²) >= 11 is 0. The highest BCUT2D eigenvalue weighted by molar-refractivity contribution is 5.98. The summed E-state index contributed by atoms with van der Waals surface area (Å²) in [5.41, 5.74) is 17.7. The molecule has 1 saturated heterocycles. The number of carboxylic acid groups (broad SMARTS) is 1. The van der Waals surface area contributed by atoms with Crippen LogP contribution >= 0.6 is 0 Å². The Kier molecular flexibility index (Phi) is 25.5. The van der Waals surface area contributed by atoms with Gasteiger partial charge in [-0.05, 0) is 61.7 Å². The molecule has 0 spiro atoms. The number of aromatic nitrogens is 2. The Hall–Kier alpha value is -6.33. The summed E-state index contributed by atoms with van der Waals surface area (Å²) in [5, 5.41) is 28.1. The molecule has 1 fully saturated rings. The molecule has 0 saturated carbocycles. The number of rotatable bonds is 30. The van der Waals surface area contributed by atoms with Crippen LogP contribution in [0, 0.1) is 29.6 Å². The minimum absolute atomic E-state index is 0.0300. The smallest absolute Gasteiger partial charge is 0.326 e. The van der Waals surface area contributed by atoms with Crippen LogP contribution in [0.25, 0.3) is 0 Å². The van der Waals surface area contributed by atoms with E-state index in [2.05, 4.69) is 52.2 Å². The molecule has 1 aliphatic rings. The number of nitrogens with two attached hydrogens (primary N) is 3. The molecule has 0 bridgehead atoms. The van der Waals surface area contributed by atoms with E-state index in [1.54, 1.807) is 34.6 Å². The number of carbonyl (C=O) groups excluding carboxylic acids is 8. The second kappa shape index (κ2) is 29.8. The molecule has 24 nitrogen and oxygen atoms in total. The minimum Gasteiger partial charge on any atom is -0.480 e. The Morgan fingerprint density at radius 1 is 0.761 bits per heavy atom. The van der Waals surface area contributed by atoms with Crippen molar-refractivity contribution in [1.29, 1.82) is 0 Å². The van der Waals surface area contributed by atoms with Crippen LogP contribution < -0.4 is 54.4 Å². The zero-order valence-corrected chi connectivity index (χ0v) is 43.1. The van der Waals surface area contributed by atoms with E-state index in [-0.39, 0.29) is 63.0 Å². The topological polar surface area (TPSA) is 380 Å². The third-order valence-electron chi connectivity index (χ3n) is 12.6. The van der Waals surface area contributed by atoms with Gasteiger partial charge in [-0.1, -0.05) is 82.1 Å². The van der Waals surface area contributed by atoms with Gasteiger partial charge in [-0.25, -0.2) is 9.78 Å². The monoisotopic (exact) mass is 1000 g/mol. The lowest BCUT2D eigenvalue weighted by molar-refractivity contribution is -0.144. The fraction of sp³-hybridized carbons (Fsp3) is 0.723. The van der Waals surface area contributed by atoms with Crippen LogP contribution in [0.5, 0.6) is 0 Å². The maximum absolute atomic E-state index is 14.6. The van der Waals surface area contributed by atoms with E-state index < -0.39 is 126 Å². The number of hydrogen-bond donors (Lipinski definition) is 12. The molecule has 0 aliphatic carbocycles. The number of aromatic amines is 1. The number of likely N-dealkylation sites (tertiary alicyclic amines) is 1. The lowest BCUT2D eigenvalue weighted by atomic mass is 9.96. The SMILES string of the molecule is CC[C@H](C)[C@H](N)C(=O)N[C@@H](CC(C)C)C(=O)N[C@@H](CCCN=C(N)N)C(=O)N[C@H](C(=O)N1CCC[C@H]1C(=O)N[C@H](C(=O)N[C@@H](Cc1cnc[nH]1)C(=O)NCC(=O)N[C@H](C(=O)O)C(C)C)C(C)C)[C@@H](C)CC. The molecule has 400 valence electrons. The minimum atomic E-state index is -1.27. The predicted molar refractivity (Wildman–Crippen MR) is 265 cm³/mol. The Labute approximate surface area is 417 Å². The number of aliphatic carboxylic acids is 1. The zero-order chi connectivity index (χ0) is 53.7. The van der Waals surface area contributed by atoms with E-state index in [1.165, 1.54) is 17.4 Å². The number of nitrogens with one attached hydrogen (secondary N) is 8. The molecule has 1 aromatic heterocycles. The summed E-state index contributed by atoms with van der Waals surface area (Å²) in [7, 11) is 0. The lowest BCUT2D eigenvalue weighted by Gasteiger charge is -2.33. The highest BCUT2D eigenvalue weighted by atomic mass is 16.4. The molecule has 10 atom stereocenters. The van der Waals surface area contributed by atoms with Gasteiger partial charge in [0.25, 0.3) is 0 Å². The second-order valence-electron chi connectivity index (χ2n) is 19.6. The van der Waals surface area contributed by atoms with Crippen LogP contribution in [-0.2, 0) is 49.6 Å². The number of amides is 8. The molecule has 0 unspecified atom stereocenters. The zero-order valence-electron chi connectivity index (χ0n) is 43.1. The van der Waals surface area contributed by atoms with E-state index in [4.69, 9.17) is 17.2 Å². The van der Waals surface area contributed by atoms with Crippen molar-refractivity contribution in [3.63, 3.8) is 0 Å². The molecule has 2 rings (SSSR count). The van der Waals surface area contributed by atoms with Gasteiger partial charge >= 0.3 is 5.97 Å². The summed E-state index contributed by atoms with van der Waals surface area (Å²) < 4.78 is 0. The highest BCUT2D eigenvalue weighted by Crippen LogP contribution is 2.23. The largest absolute Gasteiger partial charge is 0.480 e. The van der Waals surface area contributed by atoms with Crippen molar-refractivity contribution in [2.75, 3.05) is 19.6 Å². The lowest BCUT2D eigenvalue weighted by Crippen LogP contribution is -2.61. The van der Waals surface area contributed by atoms with E-state index >= 15 is 0 Å². The standard InChI is InChI=1S/C47H82N14O10/c1-11-27(9)35(48)43(67)56-31(19-24(3)4)41(65)55-30(15-13-17-52-47(49)50)40(64)60-38(28(10)12-2)45(69)61-18-14-16-33(61)42(66)59-36(25(5)6)44(68)57-32(20-29-21-51-23-54-29)39(63)53-22-34(62)58-37(26(7)8)46(70)71/h21,23-28,30-33,35-38H,11-20,22,48H2,1-10H3,(H,51,54)(H,53,63)(H,55,65)(H,56,67)(H,57,68)(H,58,62)(H,59,66)(H,60,64)(H,70,71)(H4,49,50,52)/t27-,28-,30-,31-,32-,33-,35-,36-,37-,38-/m0/s1. The van der Waals surface area contributed by atoms with Gasteiger partial charge in [-0.3, -0.25) is 43.3 Å². The Bertz CT molecular complexity index is 1980. The molecule has 71 heavy (non-hydrogen) atoms. The van der Waals surface area contributed by atoms with Crippen molar-refractivity contribution in [3.05, 3.63) is 18.2 Å². The van der Waals surface area contributed by atoms with Crippen molar-refractivity contribution in [1.82, 2.24) is 52.1 Å². The predicted octanol–water partition coefficient (Wildman–Crippen LogP) is -1.12. The average molecular weight is 1000 g/mol. The molecular weight excluding hydrogens is 921 g/mol. The van der Waals surface area contributed by atoms with Gasteiger partial charge in [0.1, 0.15) is 42.3 Å². The molecule has 1 aromatic rings. The highest BCUT2D eigenvalue weighted by Gasteiger charge is 2.42. The van der Waals surface area contributed by atoms with E-state index in [0.29, 0.717) is 25.0 Å². The van der Waals surface area contributed by atoms with Crippen molar-refractivity contribution >= 4 is 59.2 Å². The average Bonchev–Trinajstić information content (AvgIpc) is 4.03. The normalized spacial score (nSPS) is 17.3. The number of imidazole rings is 1. The van der Waals surface area contributed by atoms with Crippen molar-refractivity contribution in [2.45, 2.75) is 169 Å². The van der Waals surface area contributed by atoms with Crippen LogP contribution in [0.1, 0.15) is 120 Å². The van der Waals surface area contributed by atoms with Gasteiger partial charge in [0, 0.05) is 31.4 Å². The Morgan fingerprint density at radius 2 is 1.37 bits per heavy atom. The second-order valence-corrected chi connectivity index (χ2v) is 19.6. The Balaban J connectivity index is 2.34. The number of carbonyl (C=O) groups is 9. The fourth-order valence-electron chi connectivity index (χ4n) is 7.85. The number of guanidine groups is 1. The van der Waals surface area contributed by atoms with E-state index in [0.717, 1.165) is 0 Å². The fourth-order valence-corrected chi connectivity index (χ4v) is 7.85. The molecule has 0 radical (unpaired) electrons. The van der Waals surface area contributed by atoms with Crippen LogP contribution in [0.4, 0.5) is 0 Å². The molecule has 2 heterocycles. The maximum atomic E-state index is 14.6. The maximum Gasteiger partial charge on any atom is 0.326 e. The molecule has 0 aromatic carbocycles. The summed E-state index contributed by atoms with van der Waals surface area (Å²) in [6, 6.07) is -8.94. The third kappa shape index (κ3) is 19.8. The first-order valence-electron chi connectivity index (χ1n) is 24.7. The van der Waals surface area contributed by atoms with Crippen molar-refractivity contribution in [2.24, 2.45) is 51.8 Å². The van der Waals surface area contributed by atoms with Gasteiger partial charge in [-0.15, -0.1) is 0 Å². The molecule has 1 aliphatic heterocycles. The molecule has 8 amide bonds. The summed E-state index contributed by atoms with van der Waals surface area (Å²) in [6.07, 6.45) is 5.07. The number of H-pyrrole nitrogens is 1. The van der Waals surface area contributed by atoms with Crippen LogP contribution in [0.2, 0.25) is 0 Å². The number of aliphatic imine (C=N–C) groups is 1. The van der Waals surface area contributed by atoms with Gasteiger partial charge in [-0.2, -0.15) is 0 Å². The van der Waals surface area contributed by atoms with E-state index in [1.807, 2.05) is 34.6 Å². The Morgan fingerprint density at radius 3 is 1.92 bits per heavy atom. The quantitative estimate of drug-likeness (QED) is 0.0247. The first-order chi connectivity index (χ1) is 33.3. The molecule has 15 N–H and O–H groups in total. The van der Waals surface area contributed by atoms with Crippen molar-refractivity contribution in [3.8, 4) is 0 Å². The third-order valence-corrected chi connectivity index (χ3v) is 12.6. The number of nitrogens with zero attached hydrogens (tertiary/aromatic N) is 3. The van der Waals surface area contributed by atoms with Gasteiger partial charge < -0.3 is 69.4 Å². The van der Waals surface area contributed by atoms with Gasteiger partial charge in [0.2, 0.25) is 47.3 Å². The first-order valence-corrected chi connectivity index (χ1v) is 24.7. The van der Waals surface area contributed by atoms with Crippen LogP contribution in [0.3, 0.4) is 0 Å². The first kappa shape index (κ1) is 60.8. The van der Waals surface area contributed by atoms with Gasteiger partial charge in [0.05, 0.1) is 18.9 Å². The summed E-state index contributed by atoms with van der Waals surface area (Å²) in [4.78, 5) is 134. The summed E-state index contributed by atoms with van der Waals surface area (Å²) in [6.45, 7) is 17.4. The molecule has 24 heteroatoms. The number of hydrogen-bond acceptors (Lipinski definition) is 12. The van der Waals surface area contributed by atoms with Crippen LogP contribution in [-0.4, -0.2) is 147 Å².